The topological polar surface area (TPSA) is 62.7 Å². The molecule has 0 rings (SSSR count). The molecular weight excluding hydrogens is 357 g/mol. The second kappa shape index (κ2) is 15.5. The molecular formula is C13H28IN3O2. The molecule has 0 aliphatic heterocycles. The quantitative estimate of drug-likeness (QED) is 0.210. The van der Waals surface area contributed by atoms with Crippen molar-refractivity contribution in [3.8, 4) is 0 Å². The van der Waals surface area contributed by atoms with E-state index in [1.807, 2.05) is 0 Å². The average Bonchev–Trinajstić information content (AvgIpc) is 2.39. The molecule has 0 unspecified atom stereocenters. The minimum absolute atomic E-state index is 0. The molecule has 5 nitrogen and oxygen atoms in total. The minimum atomic E-state index is -0.124. The Kier molecular flexibility index (Phi) is 17.0. The van der Waals surface area contributed by atoms with Gasteiger partial charge in [-0.3, -0.25) is 9.79 Å². The summed E-state index contributed by atoms with van der Waals surface area (Å²) in [5.41, 5.74) is 0. The molecule has 114 valence electrons. The number of nitrogens with zero attached hydrogens (tertiary/aromatic N) is 1. The third kappa shape index (κ3) is 13.7. The number of carbonyl (C=O) groups is 1. The third-order valence-corrected chi connectivity index (χ3v) is 2.42. The van der Waals surface area contributed by atoms with Crippen LogP contribution in [-0.4, -0.2) is 38.7 Å². The van der Waals surface area contributed by atoms with Crippen molar-refractivity contribution in [3.63, 3.8) is 0 Å². The van der Waals surface area contributed by atoms with Crippen LogP contribution in [0.5, 0.6) is 0 Å². The number of rotatable bonds is 9. The van der Waals surface area contributed by atoms with Gasteiger partial charge in [-0.25, -0.2) is 0 Å². The number of ether oxygens (including phenoxy) is 1. The van der Waals surface area contributed by atoms with E-state index in [-0.39, 0.29) is 29.9 Å². The molecule has 0 aliphatic rings. The Bertz CT molecular complexity index is 248. The fourth-order valence-corrected chi connectivity index (χ4v) is 1.45. The lowest BCUT2D eigenvalue weighted by Crippen LogP contribution is -2.37. The fourth-order valence-electron chi connectivity index (χ4n) is 1.45. The Morgan fingerprint density at radius 1 is 1.16 bits per heavy atom. The van der Waals surface area contributed by atoms with Crippen molar-refractivity contribution in [2.45, 2.75) is 46.0 Å². The minimum Gasteiger partial charge on any atom is -0.469 e. The Morgan fingerprint density at radius 3 is 2.47 bits per heavy atom. The van der Waals surface area contributed by atoms with Crippen LogP contribution in [-0.2, 0) is 9.53 Å². The van der Waals surface area contributed by atoms with Gasteiger partial charge in [0.05, 0.1) is 7.11 Å². The van der Waals surface area contributed by atoms with Gasteiger partial charge in [0, 0.05) is 26.1 Å². The lowest BCUT2D eigenvalue weighted by atomic mass is 10.2. The van der Waals surface area contributed by atoms with E-state index < -0.39 is 0 Å². The van der Waals surface area contributed by atoms with Crippen LogP contribution in [0.15, 0.2) is 4.99 Å². The van der Waals surface area contributed by atoms with E-state index in [1.165, 1.54) is 7.11 Å². The summed E-state index contributed by atoms with van der Waals surface area (Å²) >= 11 is 0. The molecule has 0 aromatic heterocycles. The predicted molar refractivity (Wildman–Crippen MR) is 90.2 cm³/mol. The Balaban J connectivity index is 0. The highest BCUT2D eigenvalue weighted by molar-refractivity contribution is 14.0. The molecule has 0 amide bonds. The maximum absolute atomic E-state index is 10.9. The predicted octanol–water partition coefficient (Wildman–Crippen LogP) is 2.30. The van der Waals surface area contributed by atoms with E-state index in [0.717, 1.165) is 51.3 Å². The molecule has 19 heavy (non-hydrogen) atoms. The van der Waals surface area contributed by atoms with Crippen LogP contribution < -0.4 is 10.6 Å². The summed E-state index contributed by atoms with van der Waals surface area (Å²) in [6, 6.07) is 0. The first-order valence-corrected chi connectivity index (χ1v) is 6.83. The highest BCUT2D eigenvalue weighted by Crippen LogP contribution is 1.99. The van der Waals surface area contributed by atoms with Crippen LogP contribution in [0.25, 0.3) is 0 Å². The zero-order chi connectivity index (χ0) is 13.6. The summed E-state index contributed by atoms with van der Waals surface area (Å²) in [6.07, 6.45) is 4.51. The van der Waals surface area contributed by atoms with Crippen molar-refractivity contribution in [2.24, 2.45) is 4.99 Å². The number of nitrogens with one attached hydrogen (secondary N) is 2. The van der Waals surface area contributed by atoms with Crippen LogP contribution in [0.3, 0.4) is 0 Å². The molecule has 2 N–H and O–H groups in total. The average molecular weight is 385 g/mol. The maximum Gasteiger partial charge on any atom is 0.305 e. The number of methoxy groups -OCH3 is 1. The molecule has 6 heteroatoms. The summed E-state index contributed by atoms with van der Waals surface area (Å²) in [4.78, 5) is 15.3. The van der Waals surface area contributed by atoms with E-state index in [0.29, 0.717) is 6.42 Å². The summed E-state index contributed by atoms with van der Waals surface area (Å²) in [5.74, 6) is 0.758. The molecule has 0 saturated heterocycles. The molecule has 0 aromatic carbocycles. The molecule has 0 saturated carbocycles. The Hall–Kier alpha value is -0.530. The first-order valence-electron chi connectivity index (χ1n) is 6.83. The van der Waals surface area contributed by atoms with Crippen LogP contribution in [0.4, 0.5) is 0 Å². The van der Waals surface area contributed by atoms with Crippen molar-refractivity contribution in [2.75, 3.05) is 26.7 Å². The van der Waals surface area contributed by atoms with Crippen LogP contribution in [0.1, 0.15) is 46.0 Å². The molecule has 0 bridgehead atoms. The van der Waals surface area contributed by atoms with Gasteiger partial charge in [0.1, 0.15) is 0 Å². The number of hydrogen-bond acceptors (Lipinski definition) is 3. The summed E-state index contributed by atoms with van der Waals surface area (Å²) in [7, 11) is 1.43. The second-order valence-corrected chi connectivity index (χ2v) is 4.07. The van der Waals surface area contributed by atoms with Gasteiger partial charge in [0.2, 0.25) is 0 Å². The lowest BCUT2D eigenvalue weighted by molar-refractivity contribution is -0.140. The Labute approximate surface area is 134 Å². The van der Waals surface area contributed by atoms with Gasteiger partial charge in [0.15, 0.2) is 5.96 Å². The molecule has 0 aliphatic carbocycles. The molecule has 0 radical (unpaired) electrons. The van der Waals surface area contributed by atoms with Gasteiger partial charge in [-0.05, 0) is 26.2 Å². The van der Waals surface area contributed by atoms with Gasteiger partial charge in [-0.1, -0.05) is 13.3 Å². The van der Waals surface area contributed by atoms with Gasteiger partial charge in [-0.15, -0.1) is 24.0 Å². The number of aliphatic imine (C=N–C) groups is 1. The van der Waals surface area contributed by atoms with Crippen LogP contribution in [0, 0.1) is 0 Å². The second-order valence-electron chi connectivity index (χ2n) is 4.07. The zero-order valence-corrected chi connectivity index (χ0v) is 14.7. The SMILES string of the molecule is CCCN=C(NCC)NCCCCCC(=O)OC.I. The zero-order valence-electron chi connectivity index (χ0n) is 12.3. The van der Waals surface area contributed by atoms with Gasteiger partial charge < -0.3 is 15.4 Å². The van der Waals surface area contributed by atoms with Crippen molar-refractivity contribution < 1.29 is 9.53 Å². The van der Waals surface area contributed by atoms with E-state index in [1.54, 1.807) is 0 Å². The van der Waals surface area contributed by atoms with Gasteiger partial charge in [-0.2, -0.15) is 0 Å². The first kappa shape index (κ1) is 20.8. The van der Waals surface area contributed by atoms with Crippen molar-refractivity contribution in [1.29, 1.82) is 0 Å². The number of unbranched alkanes of at least 4 members (excludes halogenated alkanes) is 2. The molecule has 0 heterocycles. The van der Waals surface area contributed by atoms with Crippen LogP contribution in [0.2, 0.25) is 0 Å². The number of carbonyl (C=O) groups excluding carboxylic acids is 1. The van der Waals surface area contributed by atoms with Crippen molar-refractivity contribution in [1.82, 2.24) is 10.6 Å². The monoisotopic (exact) mass is 385 g/mol. The number of halogens is 1. The van der Waals surface area contributed by atoms with E-state index in [9.17, 15) is 4.79 Å². The standard InChI is InChI=1S/C13H27N3O2.HI/c1-4-10-15-13(14-5-2)16-11-8-6-7-9-12(17)18-3;/h4-11H2,1-3H3,(H2,14,15,16);1H. The summed E-state index contributed by atoms with van der Waals surface area (Å²) < 4.78 is 4.59. The van der Waals surface area contributed by atoms with E-state index >= 15 is 0 Å². The molecule has 0 spiro atoms. The number of guanidine groups is 1. The van der Waals surface area contributed by atoms with Gasteiger partial charge in [0.25, 0.3) is 0 Å². The van der Waals surface area contributed by atoms with E-state index in [2.05, 4.69) is 34.2 Å². The normalized spacial score (nSPS) is 10.6. The van der Waals surface area contributed by atoms with Crippen molar-refractivity contribution in [3.05, 3.63) is 0 Å². The maximum atomic E-state index is 10.9. The molecule has 0 fully saturated rings. The third-order valence-electron chi connectivity index (χ3n) is 2.42. The van der Waals surface area contributed by atoms with E-state index in [4.69, 9.17) is 0 Å². The van der Waals surface area contributed by atoms with Crippen LogP contribution >= 0.6 is 24.0 Å². The Morgan fingerprint density at radius 2 is 1.89 bits per heavy atom. The fraction of sp³-hybridized carbons (Fsp3) is 0.846. The van der Waals surface area contributed by atoms with Crippen molar-refractivity contribution >= 4 is 35.9 Å². The summed E-state index contributed by atoms with van der Waals surface area (Å²) in [5, 5.41) is 6.48. The largest absolute Gasteiger partial charge is 0.469 e. The first-order chi connectivity index (χ1) is 8.74. The number of esters is 1. The number of hydrogen-bond donors (Lipinski definition) is 2. The highest BCUT2D eigenvalue weighted by Gasteiger charge is 1.99. The molecule has 0 aromatic rings. The lowest BCUT2D eigenvalue weighted by Gasteiger charge is -2.10. The smallest absolute Gasteiger partial charge is 0.305 e. The molecule has 0 atom stereocenters. The highest BCUT2D eigenvalue weighted by atomic mass is 127. The summed E-state index contributed by atoms with van der Waals surface area (Å²) in [6.45, 7) is 6.77. The van der Waals surface area contributed by atoms with Gasteiger partial charge >= 0.3 is 5.97 Å².